The van der Waals surface area contributed by atoms with Crippen molar-refractivity contribution in [3.63, 3.8) is 0 Å². The molecule has 4 heteroatoms. The second-order valence-electron chi connectivity index (χ2n) is 5.56. The van der Waals surface area contributed by atoms with Crippen molar-refractivity contribution in [3.05, 3.63) is 35.9 Å². The van der Waals surface area contributed by atoms with E-state index in [1.165, 1.54) is 5.56 Å². The molecule has 1 amide bonds. The lowest BCUT2D eigenvalue weighted by Crippen LogP contribution is -2.37. The second kappa shape index (κ2) is 8.15. The third-order valence-electron chi connectivity index (χ3n) is 4.02. The Balaban J connectivity index is 1.91. The zero-order valence-corrected chi connectivity index (χ0v) is 13.0. The number of carbonyl (C=O) groups excluding carboxylic acids is 1. The van der Waals surface area contributed by atoms with Crippen LogP contribution in [0.25, 0.3) is 0 Å². The SMILES string of the molecule is CCC1NC(Cc2ccccc2)C(=O)N1CCCCOC. The van der Waals surface area contributed by atoms with Crippen molar-refractivity contribution >= 4 is 5.91 Å². The summed E-state index contributed by atoms with van der Waals surface area (Å²) in [6.45, 7) is 3.71. The summed E-state index contributed by atoms with van der Waals surface area (Å²) in [5.74, 6) is 0.239. The Hall–Kier alpha value is -1.39. The number of benzene rings is 1. The van der Waals surface area contributed by atoms with Crippen molar-refractivity contribution in [2.24, 2.45) is 0 Å². The molecule has 2 rings (SSSR count). The molecule has 1 aromatic carbocycles. The van der Waals surface area contributed by atoms with Gasteiger partial charge in [0.1, 0.15) is 0 Å². The van der Waals surface area contributed by atoms with E-state index in [2.05, 4.69) is 24.4 Å². The minimum absolute atomic E-state index is 0.0835. The third kappa shape index (κ3) is 4.29. The zero-order chi connectivity index (χ0) is 15.1. The smallest absolute Gasteiger partial charge is 0.241 e. The molecule has 4 nitrogen and oxygen atoms in total. The first kappa shape index (κ1) is 16.0. The average Bonchev–Trinajstić information content (AvgIpc) is 2.81. The van der Waals surface area contributed by atoms with E-state index in [1.54, 1.807) is 7.11 Å². The molecule has 0 aliphatic carbocycles. The van der Waals surface area contributed by atoms with E-state index < -0.39 is 0 Å². The molecule has 1 aliphatic heterocycles. The van der Waals surface area contributed by atoms with Crippen LogP contribution in [0.3, 0.4) is 0 Å². The van der Waals surface area contributed by atoms with Crippen LogP contribution in [0.4, 0.5) is 0 Å². The van der Waals surface area contributed by atoms with E-state index in [9.17, 15) is 4.79 Å². The van der Waals surface area contributed by atoms with E-state index >= 15 is 0 Å². The van der Waals surface area contributed by atoms with Gasteiger partial charge in [-0.2, -0.15) is 0 Å². The molecule has 1 aliphatic rings. The third-order valence-corrected chi connectivity index (χ3v) is 4.02. The highest BCUT2D eigenvalue weighted by Gasteiger charge is 2.37. The van der Waals surface area contributed by atoms with Crippen LogP contribution in [-0.4, -0.2) is 43.3 Å². The minimum Gasteiger partial charge on any atom is -0.385 e. The fourth-order valence-corrected chi connectivity index (χ4v) is 2.88. The Labute approximate surface area is 127 Å². The number of unbranched alkanes of at least 4 members (excludes halogenated alkanes) is 1. The number of nitrogens with one attached hydrogen (secondary N) is 1. The van der Waals surface area contributed by atoms with Crippen LogP contribution >= 0.6 is 0 Å². The van der Waals surface area contributed by atoms with E-state index in [0.717, 1.165) is 38.8 Å². The first-order chi connectivity index (χ1) is 10.3. The van der Waals surface area contributed by atoms with E-state index in [-0.39, 0.29) is 18.1 Å². The van der Waals surface area contributed by atoms with Crippen LogP contribution in [0.15, 0.2) is 30.3 Å². The van der Waals surface area contributed by atoms with Gasteiger partial charge in [-0.15, -0.1) is 0 Å². The highest BCUT2D eigenvalue weighted by molar-refractivity contribution is 5.84. The molecule has 2 atom stereocenters. The Kier molecular flexibility index (Phi) is 6.21. The van der Waals surface area contributed by atoms with Gasteiger partial charge in [-0.1, -0.05) is 37.3 Å². The van der Waals surface area contributed by atoms with Crippen LogP contribution in [-0.2, 0) is 16.0 Å². The van der Waals surface area contributed by atoms with Crippen LogP contribution in [0, 0.1) is 0 Å². The average molecular weight is 290 g/mol. The number of amides is 1. The number of methoxy groups -OCH3 is 1. The molecule has 0 spiro atoms. The summed E-state index contributed by atoms with van der Waals surface area (Å²) in [6.07, 6.45) is 3.89. The van der Waals surface area contributed by atoms with E-state index in [0.29, 0.717) is 0 Å². The summed E-state index contributed by atoms with van der Waals surface area (Å²) in [5.41, 5.74) is 1.21. The molecule has 0 aromatic heterocycles. The van der Waals surface area contributed by atoms with Gasteiger partial charge in [0.2, 0.25) is 5.91 Å². The summed E-state index contributed by atoms with van der Waals surface area (Å²) in [5, 5.41) is 3.48. The summed E-state index contributed by atoms with van der Waals surface area (Å²) in [7, 11) is 1.72. The van der Waals surface area contributed by atoms with Gasteiger partial charge in [0.15, 0.2) is 0 Å². The molecule has 0 radical (unpaired) electrons. The molecule has 21 heavy (non-hydrogen) atoms. The van der Waals surface area contributed by atoms with Crippen molar-refractivity contribution in [2.45, 2.75) is 44.8 Å². The topological polar surface area (TPSA) is 41.6 Å². The van der Waals surface area contributed by atoms with Gasteiger partial charge in [-0.3, -0.25) is 10.1 Å². The molecular weight excluding hydrogens is 264 g/mol. The number of rotatable bonds is 8. The van der Waals surface area contributed by atoms with Gasteiger partial charge in [-0.25, -0.2) is 0 Å². The van der Waals surface area contributed by atoms with Crippen LogP contribution in [0.2, 0.25) is 0 Å². The molecule has 2 unspecified atom stereocenters. The summed E-state index contributed by atoms with van der Waals surface area (Å²) >= 11 is 0. The van der Waals surface area contributed by atoms with Crippen molar-refractivity contribution in [1.82, 2.24) is 10.2 Å². The Morgan fingerprint density at radius 3 is 2.67 bits per heavy atom. The predicted octanol–water partition coefficient (Wildman–Crippen LogP) is 2.19. The highest BCUT2D eigenvalue weighted by Crippen LogP contribution is 2.17. The lowest BCUT2D eigenvalue weighted by atomic mass is 10.1. The summed E-state index contributed by atoms with van der Waals surface area (Å²) in [4.78, 5) is 14.6. The first-order valence-corrected chi connectivity index (χ1v) is 7.85. The molecule has 0 bridgehead atoms. The number of hydrogen-bond donors (Lipinski definition) is 1. The Morgan fingerprint density at radius 1 is 1.24 bits per heavy atom. The predicted molar refractivity (Wildman–Crippen MR) is 84.0 cm³/mol. The maximum Gasteiger partial charge on any atom is 0.241 e. The maximum atomic E-state index is 12.6. The molecule has 1 heterocycles. The summed E-state index contributed by atoms with van der Waals surface area (Å²) in [6, 6.07) is 10.1. The van der Waals surface area contributed by atoms with Gasteiger partial charge in [-0.05, 0) is 31.2 Å². The second-order valence-corrected chi connectivity index (χ2v) is 5.56. The maximum absolute atomic E-state index is 12.6. The summed E-state index contributed by atoms with van der Waals surface area (Å²) < 4.78 is 5.07. The van der Waals surface area contributed by atoms with Gasteiger partial charge >= 0.3 is 0 Å². The molecule has 0 saturated carbocycles. The van der Waals surface area contributed by atoms with E-state index in [1.807, 2.05) is 23.1 Å². The van der Waals surface area contributed by atoms with Crippen molar-refractivity contribution < 1.29 is 9.53 Å². The number of carbonyl (C=O) groups is 1. The fraction of sp³-hybridized carbons (Fsp3) is 0.588. The minimum atomic E-state index is -0.0835. The van der Waals surface area contributed by atoms with Gasteiger partial charge in [0.25, 0.3) is 0 Å². The van der Waals surface area contributed by atoms with Crippen LogP contribution in [0.1, 0.15) is 31.7 Å². The van der Waals surface area contributed by atoms with Gasteiger partial charge in [0.05, 0.1) is 12.2 Å². The fourth-order valence-electron chi connectivity index (χ4n) is 2.88. The molecule has 1 aromatic rings. The highest BCUT2D eigenvalue weighted by atomic mass is 16.5. The molecular formula is C17H26N2O2. The van der Waals surface area contributed by atoms with Crippen molar-refractivity contribution in [2.75, 3.05) is 20.3 Å². The number of hydrogen-bond acceptors (Lipinski definition) is 3. The van der Waals surface area contributed by atoms with Crippen molar-refractivity contribution in [3.8, 4) is 0 Å². The number of nitrogens with zero attached hydrogens (tertiary/aromatic N) is 1. The van der Waals surface area contributed by atoms with Crippen molar-refractivity contribution in [1.29, 1.82) is 0 Å². The Morgan fingerprint density at radius 2 is 2.00 bits per heavy atom. The monoisotopic (exact) mass is 290 g/mol. The normalized spacial score (nSPS) is 22.0. The van der Waals surface area contributed by atoms with Crippen LogP contribution < -0.4 is 5.32 Å². The zero-order valence-electron chi connectivity index (χ0n) is 13.0. The molecule has 1 N–H and O–H groups in total. The van der Waals surface area contributed by atoms with Gasteiger partial charge < -0.3 is 9.64 Å². The number of ether oxygens (including phenoxy) is 1. The Bertz CT molecular complexity index is 436. The molecule has 1 saturated heterocycles. The lowest BCUT2D eigenvalue weighted by Gasteiger charge is -2.22. The quantitative estimate of drug-likeness (QED) is 0.746. The first-order valence-electron chi connectivity index (χ1n) is 7.85. The molecule has 116 valence electrons. The standard InChI is InChI=1S/C17H26N2O2/c1-3-16-18-15(13-14-9-5-4-6-10-14)17(20)19(16)11-7-8-12-21-2/h4-6,9-10,15-16,18H,3,7-8,11-13H2,1-2H3. The van der Waals surface area contributed by atoms with Gasteiger partial charge in [0, 0.05) is 20.3 Å². The molecule has 1 fully saturated rings. The largest absolute Gasteiger partial charge is 0.385 e. The van der Waals surface area contributed by atoms with Crippen LogP contribution in [0.5, 0.6) is 0 Å². The van der Waals surface area contributed by atoms with E-state index in [4.69, 9.17) is 4.74 Å². The lowest BCUT2D eigenvalue weighted by molar-refractivity contribution is -0.130.